The number of aliphatic hydroxyl groups excluding tert-OH is 1. The first kappa shape index (κ1) is 14.3. The van der Waals surface area contributed by atoms with Gasteiger partial charge in [-0.3, -0.25) is 0 Å². The van der Waals surface area contributed by atoms with Crippen LogP contribution in [0.4, 0.5) is 0 Å². The Balaban J connectivity index is 1.70. The molecule has 0 aromatic heterocycles. The third kappa shape index (κ3) is 4.49. The average Bonchev–Trinajstić information content (AvgIpc) is 2.46. The molecule has 1 fully saturated rings. The second-order valence-corrected chi connectivity index (χ2v) is 5.17. The molecule has 1 aromatic rings. The number of piperazine rings is 1. The molecule has 0 amide bonds. The fourth-order valence-electron chi connectivity index (χ4n) is 2.52. The molecule has 1 saturated heterocycles. The standard InChI is InChI=1S/C15H24N2O2/c18-12-14-11-13(4-5-15(14)19)3-1-2-8-17-9-6-16-7-10-17/h4-5,11,16,18-19H,1-3,6-10,12H2. The topological polar surface area (TPSA) is 55.7 Å². The Hall–Kier alpha value is -1.10. The van der Waals surface area contributed by atoms with E-state index in [2.05, 4.69) is 10.2 Å². The number of hydrogen-bond donors (Lipinski definition) is 3. The molecule has 2 rings (SSSR count). The summed E-state index contributed by atoms with van der Waals surface area (Å²) >= 11 is 0. The number of nitrogens with one attached hydrogen (secondary N) is 1. The van der Waals surface area contributed by atoms with Gasteiger partial charge in [0.25, 0.3) is 0 Å². The highest BCUT2D eigenvalue weighted by Crippen LogP contribution is 2.19. The average molecular weight is 264 g/mol. The van der Waals surface area contributed by atoms with Gasteiger partial charge in [-0.25, -0.2) is 0 Å². The summed E-state index contributed by atoms with van der Waals surface area (Å²) in [7, 11) is 0. The van der Waals surface area contributed by atoms with E-state index in [1.54, 1.807) is 6.07 Å². The van der Waals surface area contributed by atoms with Crippen molar-refractivity contribution in [3.05, 3.63) is 29.3 Å². The zero-order valence-electron chi connectivity index (χ0n) is 11.4. The first-order chi connectivity index (χ1) is 9.29. The van der Waals surface area contributed by atoms with Crippen LogP contribution in [0, 0.1) is 0 Å². The van der Waals surface area contributed by atoms with Crippen molar-refractivity contribution in [2.45, 2.75) is 25.9 Å². The molecule has 4 nitrogen and oxygen atoms in total. The Labute approximate surface area is 115 Å². The molecule has 0 atom stereocenters. The van der Waals surface area contributed by atoms with Gasteiger partial charge in [0, 0.05) is 31.7 Å². The highest BCUT2D eigenvalue weighted by Gasteiger charge is 2.08. The van der Waals surface area contributed by atoms with Crippen LogP contribution in [0.1, 0.15) is 24.0 Å². The van der Waals surface area contributed by atoms with Crippen molar-refractivity contribution in [2.75, 3.05) is 32.7 Å². The molecule has 0 radical (unpaired) electrons. The number of aromatic hydroxyl groups is 1. The van der Waals surface area contributed by atoms with Gasteiger partial charge >= 0.3 is 0 Å². The SMILES string of the molecule is OCc1cc(CCCCN2CCNCC2)ccc1O. The lowest BCUT2D eigenvalue weighted by molar-refractivity contribution is 0.237. The van der Waals surface area contributed by atoms with E-state index in [4.69, 9.17) is 5.11 Å². The van der Waals surface area contributed by atoms with Gasteiger partial charge < -0.3 is 20.4 Å². The number of aliphatic hydroxyl groups is 1. The van der Waals surface area contributed by atoms with Gasteiger partial charge in [-0.2, -0.15) is 0 Å². The van der Waals surface area contributed by atoms with E-state index in [1.807, 2.05) is 12.1 Å². The minimum Gasteiger partial charge on any atom is -0.508 e. The number of unbranched alkanes of at least 4 members (excludes halogenated alkanes) is 1. The summed E-state index contributed by atoms with van der Waals surface area (Å²) in [6.45, 7) is 5.62. The molecular weight excluding hydrogens is 240 g/mol. The predicted molar refractivity (Wildman–Crippen MR) is 76.3 cm³/mol. The number of hydrogen-bond acceptors (Lipinski definition) is 4. The lowest BCUT2D eigenvalue weighted by atomic mass is 10.0. The minimum atomic E-state index is -0.0968. The summed E-state index contributed by atoms with van der Waals surface area (Å²) in [6.07, 6.45) is 3.37. The van der Waals surface area contributed by atoms with Crippen LogP contribution >= 0.6 is 0 Å². The van der Waals surface area contributed by atoms with Gasteiger partial charge in [0.1, 0.15) is 5.75 Å². The largest absolute Gasteiger partial charge is 0.508 e. The van der Waals surface area contributed by atoms with Gasteiger partial charge in [0.15, 0.2) is 0 Å². The van der Waals surface area contributed by atoms with E-state index in [0.29, 0.717) is 5.56 Å². The summed E-state index contributed by atoms with van der Waals surface area (Å²) in [6, 6.07) is 5.52. The van der Waals surface area contributed by atoms with Crippen LogP contribution in [0.15, 0.2) is 18.2 Å². The summed E-state index contributed by atoms with van der Waals surface area (Å²) < 4.78 is 0. The van der Waals surface area contributed by atoms with Crippen molar-refractivity contribution < 1.29 is 10.2 Å². The predicted octanol–water partition coefficient (Wildman–Crippen LogP) is 1.11. The third-order valence-corrected chi connectivity index (χ3v) is 3.71. The fraction of sp³-hybridized carbons (Fsp3) is 0.600. The molecule has 0 saturated carbocycles. The maximum absolute atomic E-state index is 9.50. The lowest BCUT2D eigenvalue weighted by Gasteiger charge is -2.27. The minimum absolute atomic E-state index is 0.0968. The van der Waals surface area contributed by atoms with Crippen LogP contribution in [0.3, 0.4) is 0 Å². The van der Waals surface area contributed by atoms with Crippen molar-refractivity contribution in [3.63, 3.8) is 0 Å². The van der Waals surface area contributed by atoms with Crippen molar-refractivity contribution in [1.29, 1.82) is 0 Å². The summed E-state index contributed by atoms with van der Waals surface area (Å²) in [5.74, 6) is 0.187. The maximum Gasteiger partial charge on any atom is 0.121 e. The first-order valence-corrected chi connectivity index (χ1v) is 7.14. The van der Waals surface area contributed by atoms with Gasteiger partial charge in [0.2, 0.25) is 0 Å². The van der Waals surface area contributed by atoms with Gasteiger partial charge in [-0.05, 0) is 43.5 Å². The fourth-order valence-corrected chi connectivity index (χ4v) is 2.52. The van der Waals surface area contributed by atoms with Crippen molar-refractivity contribution >= 4 is 0 Å². The molecule has 3 N–H and O–H groups in total. The number of aryl methyl sites for hydroxylation is 1. The molecule has 1 aliphatic heterocycles. The normalized spacial score (nSPS) is 16.7. The van der Waals surface area contributed by atoms with E-state index in [1.165, 1.54) is 18.5 Å². The van der Waals surface area contributed by atoms with Crippen LogP contribution in [-0.4, -0.2) is 47.8 Å². The van der Waals surface area contributed by atoms with Crippen LogP contribution in [0.5, 0.6) is 5.75 Å². The molecule has 0 aliphatic carbocycles. The maximum atomic E-state index is 9.50. The highest BCUT2D eigenvalue weighted by atomic mass is 16.3. The zero-order chi connectivity index (χ0) is 13.5. The van der Waals surface area contributed by atoms with Gasteiger partial charge in [0.05, 0.1) is 6.61 Å². The number of benzene rings is 1. The van der Waals surface area contributed by atoms with E-state index < -0.39 is 0 Å². The van der Waals surface area contributed by atoms with Gasteiger partial charge in [-0.1, -0.05) is 6.07 Å². The van der Waals surface area contributed by atoms with Crippen LogP contribution in [0.25, 0.3) is 0 Å². The lowest BCUT2D eigenvalue weighted by Crippen LogP contribution is -2.43. The Bertz CT molecular complexity index is 390. The molecule has 0 unspecified atom stereocenters. The molecule has 1 aliphatic rings. The first-order valence-electron chi connectivity index (χ1n) is 7.14. The molecule has 1 heterocycles. The number of phenols is 1. The Morgan fingerprint density at radius 2 is 1.95 bits per heavy atom. The Kier molecular flexibility index (Phi) is 5.63. The van der Waals surface area contributed by atoms with Crippen LogP contribution < -0.4 is 5.32 Å². The van der Waals surface area contributed by atoms with Crippen LogP contribution in [-0.2, 0) is 13.0 Å². The summed E-state index contributed by atoms with van der Waals surface area (Å²) in [5, 5.41) is 22.0. The third-order valence-electron chi connectivity index (χ3n) is 3.71. The monoisotopic (exact) mass is 264 g/mol. The molecule has 1 aromatic carbocycles. The van der Waals surface area contributed by atoms with Crippen LogP contribution in [0.2, 0.25) is 0 Å². The molecule has 106 valence electrons. The molecular formula is C15H24N2O2. The molecule has 4 heteroatoms. The molecule has 0 bridgehead atoms. The van der Waals surface area contributed by atoms with Gasteiger partial charge in [-0.15, -0.1) is 0 Å². The van der Waals surface area contributed by atoms with E-state index in [9.17, 15) is 5.11 Å². The quantitative estimate of drug-likeness (QED) is 0.674. The Morgan fingerprint density at radius 1 is 1.16 bits per heavy atom. The second-order valence-electron chi connectivity index (χ2n) is 5.17. The van der Waals surface area contributed by atoms with E-state index >= 15 is 0 Å². The second kappa shape index (κ2) is 7.48. The smallest absolute Gasteiger partial charge is 0.121 e. The van der Waals surface area contributed by atoms with E-state index in [-0.39, 0.29) is 12.4 Å². The van der Waals surface area contributed by atoms with Crippen molar-refractivity contribution in [1.82, 2.24) is 10.2 Å². The summed E-state index contributed by atoms with van der Waals surface area (Å²) in [4.78, 5) is 2.51. The molecule has 19 heavy (non-hydrogen) atoms. The van der Waals surface area contributed by atoms with Crippen molar-refractivity contribution in [3.8, 4) is 5.75 Å². The number of nitrogens with zero attached hydrogens (tertiary/aromatic N) is 1. The van der Waals surface area contributed by atoms with E-state index in [0.717, 1.165) is 39.0 Å². The molecule has 0 spiro atoms. The zero-order valence-corrected chi connectivity index (χ0v) is 11.4. The number of rotatable bonds is 6. The summed E-state index contributed by atoms with van der Waals surface area (Å²) in [5.41, 5.74) is 1.82. The highest BCUT2D eigenvalue weighted by molar-refractivity contribution is 5.35. The Morgan fingerprint density at radius 3 is 2.68 bits per heavy atom. The van der Waals surface area contributed by atoms with Crippen molar-refractivity contribution in [2.24, 2.45) is 0 Å².